The fraction of sp³-hybridized carbons (Fsp3) is 0.250. The van der Waals surface area contributed by atoms with E-state index in [9.17, 15) is 8.42 Å². The van der Waals surface area contributed by atoms with Gasteiger partial charge in [0.05, 0.1) is 0 Å². The molecule has 0 aliphatic heterocycles. The van der Waals surface area contributed by atoms with Gasteiger partial charge < -0.3 is 11.0 Å². The maximum Gasteiger partial charge on any atom is -0.870 e. The Bertz CT molecular complexity index is 376. The van der Waals surface area contributed by atoms with E-state index in [0.717, 1.165) is 11.8 Å². The van der Waals surface area contributed by atoms with Gasteiger partial charge in [0.2, 0.25) is 0 Å². The van der Waals surface area contributed by atoms with Gasteiger partial charge in [0.25, 0.3) is 0 Å². The number of sulfonamides is 1. The summed E-state index contributed by atoms with van der Waals surface area (Å²) >= 11 is 0. The van der Waals surface area contributed by atoms with E-state index in [4.69, 9.17) is 7.85 Å². The first kappa shape index (κ1) is 16.5. The zero-order valence-corrected chi connectivity index (χ0v) is 9.03. The van der Waals surface area contributed by atoms with Crippen molar-refractivity contribution < 1.29 is 19.4 Å². The van der Waals surface area contributed by atoms with Gasteiger partial charge in [-0.2, -0.15) is 0 Å². The molecule has 0 aliphatic rings. The third kappa shape index (κ3) is 7.09. The number of rotatable bonds is 3. The molecule has 1 rings (SSSR count). The van der Waals surface area contributed by atoms with Gasteiger partial charge >= 0.3 is 79.1 Å². The molecule has 0 radical (unpaired) electrons. The zero-order chi connectivity index (χ0) is 9.90. The van der Waals surface area contributed by atoms with Crippen molar-refractivity contribution in [1.29, 1.82) is 0 Å². The Hall–Kier alpha value is -0.885. The predicted molar refractivity (Wildman–Crippen MR) is 57.4 cm³/mol. The van der Waals surface area contributed by atoms with E-state index in [2.05, 4.69) is 4.72 Å². The predicted octanol–water partition coefficient (Wildman–Crippen LogP) is -0.824. The molecule has 0 aliphatic carbocycles. The normalized spacial score (nSPS) is 10.1. The molecular formula is C8H12BNO4S. The Balaban J connectivity index is 0. The van der Waals surface area contributed by atoms with Crippen LogP contribution in [-0.4, -0.2) is 33.5 Å². The molecule has 0 atom stereocenters. The summed E-state index contributed by atoms with van der Waals surface area (Å²) in [4.78, 5) is 0. The van der Waals surface area contributed by atoms with E-state index in [1.165, 1.54) is 0 Å². The topological polar surface area (TPSA) is 106 Å². The number of benzene rings is 1. The molecule has 82 valence electrons. The minimum Gasteiger partial charge on any atom is -0.870 e. The Morgan fingerprint density at radius 3 is 2.07 bits per heavy atom. The first-order valence-electron chi connectivity index (χ1n) is 3.76. The Morgan fingerprint density at radius 1 is 1.20 bits per heavy atom. The van der Waals surface area contributed by atoms with Crippen LogP contribution >= 0.6 is 0 Å². The van der Waals surface area contributed by atoms with Crippen LogP contribution < -0.4 is 10.2 Å². The number of nitrogens with one attached hydrogen (secondary N) is 1. The van der Waals surface area contributed by atoms with Crippen LogP contribution in [0.3, 0.4) is 0 Å². The molecule has 0 bridgehead atoms. The molecule has 1 aromatic carbocycles. The second kappa shape index (κ2) is 6.57. The van der Waals surface area contributed by atoms with Crippen LogP contribution in [0, 0.1) is 0 Å². The smallest absolute Gasteiger partial charge is 0.870 e. The van der Waals surface area contributed by atoms with Crippen LogP contribution in [0.5, 0.6) is 0 Å². The van der Waals surface area contributed by atoms with E-state index in [1.807, 2.05) is 0 Å². The van der Waals surface area contributed by atoms with E-state index in [0.29, 0.717) is 12.0 Å². The van der Waals surface area contributed by atoms with Gasteiger partial charge in [-0.1, -0.05) is 0 Å². The Labute approximate surface area is 90.6 Å². The molecule has 0 saturated heterocycles. The summed E-state index contributed by atoms with van der Waals surface area (Å²) in [6.45, 7) is 0.305. The minimum atomic E-state index is -3.11. The number of hydrogen-bond acceptors (Lipinski definition) is 4. The van der Waals surface area contributed by atoms with Gasteiger partial charge in [0, 0.05) is 0 Å². The van der Waals surface area contributed by atoms with E-state index < -0.39 is 10.0 Å². The summed E-state index contributed by atoms with van der Waals surface area (Å²) in [5, 5.41) is 0. The molecule has 0 saturated carbocycles. The van der Waals surface area contributed by atoms with Crippen molar-refractivity contribution in [3.8, 4) is 0 Å². The molecule has 0 fully saturated rings. The molecule has 0 heterocycles. The molecule has 15 heavy (non-hydrogen) atoms. The molecule has 0 spiro atoms. The van der Waals surface area contributed by atoms with Crippen molar-refractivity contribution in [1.82, 2.24) is 4.72 Å². The standard InChI is InChI=1S/C8H10BNO2S.2H2O/c1-13(11,12)10-6-7-2-4-8(9)5-3-7;;/h2-5,10H,6H2,1H3;2*1H2/q+2;;/p-2. The zero-order valence-electron chi connectivity index (χ0n) is 8.21. The van der Waals surface area contributed by atoms with Crippen molar-refractivity contribution in [2.75, 3.05) is 6.26 Å². The van der Waals surface area contributed by atoms with Crippen molar-refractivity contribution >= 4 is 23.3 Å². The van der Waals surface area contributed by atoms with Crippen LogP contribution in [-0.2, 0) is 16.6 Å². The fourth-order valence-corrected chi connectivity index (χ4v) is 1.28. The molecule has 5 nitrogen and oxygen atoms in total. The van der Waals surface area contributed by atoms with E-state index in [1.54, 1.807) is 24.3 Å². The molecule has 0 unspecified atom stereocenters. The van der Waals surface area contributed by atoms with Crippen molar-refractivity contribution in [2.45, 2.75) is 6.54 Å². The third-order valence-electron chi connectivity index (χ3n) is 1.52. The Kier molecular flexibility index (Phi) is 7.25. The average Bonchev–Trinajstić information content (AvgIpc) is 2.02. The summed E-state index contributed by atoms with van der Waals surface area (Å²) in [5.74, 6) is 0. The summed E-state index contributed by atoms with van der Waals surface area (Å²) in [6, 6.07) is 7.04. The molecule has 1 aromatic rings. The van der Waals surface area contributed by atoms with Gasteiger partial charge in [-0.15, -0.1) is 0 Å². The maximum atomic E-state index is 10.7. The quantitative estimate of drug-likeness (QED) is 0.683. The summed E-state index contributed by atoms with van der Waals surface area (Å²) in [5.41, 5.74) is 1.56. The van der Waals surface area contributed by atoms with Crippen LogP contribution in [0.2, 0.25) is 0 Å². The summed E-state index contributed by atoms with van der Waals surface area (Å²) in [7, 11) is 2.36. The Morgan fingerprint density at radius 2 is 1.67 bits per heavy atom. The van der Waals surface area contributed by atoms with Crippen LogP contribution in [0.1, 0.15) is 5.56 Å². The monoisotopic (exact) mass is 229 g/mol. The number of hydrogen-bond donors (Lipinski definition) is 1. The van der Waals surface area contributed by atoms with Gasteiger partial charge in [-0.25, -0.2) is 0 Å². The fourth-order valence-electron chi connectivity index (χ4n) is 0.850. The molecule has 0 amide bonds. The molecular weight excluding hydrogens is 217 g/mol. The van der Waals surface area contributed by atoms with Gasteiger partial charge in [-0.05, 0) is 0 Å². The van der Waals surface area contributed by atoms with Crippen LogP contribution in [0.4, 0.5) is 0 Å². The maximum absolute atomic E-state index is 10.7. The van der Waals surface area contributed by atoms with Crippen molar-refractivity contribution in [3.63, 3.8) is 0 Å². The van der Waals surface area contributed by atoms with Gasteiger partial charge in [-0.3, -0.25) is 0 Å². The SMILES string of the molecule is [B+2]c1ccc(CNS(C)(=O)=O)cc1.[OH-].[OH-]. The molecule has 7 heteroatoms. The van der Waals surface area contributed by atoms with Crippen LogP contribution in [0.15, 0.2) is 24.3 Å². The van der Waals surface area contributed by atoms with E-state index in [-0.39, 0.29) is 11.0 Å². The molecule has 3 N–H and O–H groups in total. The van der Waals surface area contributed by atoms with E-state index >= 15 is 0 Å². The first-order valence-corrected chi connectivity index (χ1v) is 5.65. The minimum absolute atomic E-state index is 0. The largest absolute Gasteiger partial charge is 0.870 e. The second-order valence-corrected chi connectivity index (χ2v) is 4.67. The average molecular weight is 229 g/mol. The van der Waals surface area contributed by atoms with Gasteiger partial charge in [0.1, 0.15) is 0 Å². The van der Waals surface area contributed by atoms with Crippen molar-refractivity contribution in [2.24, 2.45) is 0 Å². The molecule has 0 aromatic heterocycles. The second-order valence-electron chi connectivity index (χ2n) is 2.83. The summed E-state index contributed by atoms with van der Waals surface area (Å²) < 4.78 is 23.9. The first-order chi connectivity index (χ1) is 5.97. The van der Waals surface area contributed by atoms with Crippen molar-refractivity contribution in [3.05, 3.63) is 29.8 Å². The van der Waals surface area contributed by atoms with Crippen LogP contribution in [0.25, 0.3) is 0 Å². The third-order valence-corrected chi connectivity index (χ3v) is 2.19. The summed E-state index contributed by atoms with van der Waals surface area (Å²) in [6.07, 6.45) is 1.13. The van der Waals surface area contributed by atoms with Gasteiger partial charge in [0.15, 0.2) is 0 Å².